The van der Waals surface area contributed by atoms with E-state index >= 15 is 0 Å². The maximum absolute atomic E-state index is 13.4. The number of carbonyl (C=O) groups is 1. The molecule has 0 aromatic heterocycles. The highest BCUT2D eigenvalue weighted by Gasteiger charge is 2.36. The fourth-order valence-electron chi connectivity index (χ4n) is 3.42. The number of fused-ring (bicyclic) bond motifs is 2. The van der Waals surface area contributed by atoms with Crippen molar-refractivity contribution in [2.45, 2.75) is 23.0 Å². The lowest BCUT2D eigenvalue weighted by Crippen LogP contribution is -2.34. The van der Waals surface area contributed by atoms with Crippen LogP contribution in [-0.4, -0.2) is 19.6 Å². The molecule has 0 fully saturated rings. The van der Waals surface area contributed by atoms with Crippen LogP contribution in [0.3, 0.4) is 0 Å². The van der Waals surface area contributed by atoms with Gasteiger partial charge in [-0.15, -0.1) is 0 Å². The number of aryl methyl sites for hydroxylation is 1. The number of carbonyl (C=O) groups excluding carboxylic acids is 1. The van der Waals surface area contributed by atoms with Gasteiger partial charge in [0.05, 0.1) is 4.90 Å². The number of para-hydroxylation sites is 1. The molecule has 26 heavy (non-hydrogen) atoms. The van der Waals surface area contributed by atoms with Gasteiger partial charge in [-0.1, -0.05) is 58.4 Å². The molecular formula is C20H16BrNO3S. The molecule has 0 aliphatic carbocycles. The van der Waals surface area contributed by atoms with Crippen LogP contribution >= 0.6 is 15.9 Å². The Balaban J connectivity index is 1.81. The van der Waals surface area contributed by atoms with Gasteiger partial charge >= 0.3 is 0 Å². The van der Waals surface area contributed by atoms with Gasteiger partial charge in [-0.05, 0) is 42.0 Å². The molecule has 0 saturated carbocycles. The summed E-state index contributed by atoms with van der Waals surface area (Å²) < 4.78 is 27.5. The van der Waals surface area contributed by atoms with Crippen LogP contribution in [0, 0.1) is 0 Å². The third-order valence-corrected chi connectivity index (χ3v) is 7.61. The average Bonchev–Trinajstić information content (AvgIpc) is 2.80. The second-order valence-electron chi connectivity index (χ2n) is 6.31. The van der Waals surface area contributed by atoms with E-state index in [1.807, 2.05) is 30.3 Å². The number of halogens is 1. The van der Waals surface area contributed by atoms with E-state index in [0.717, 1.165) is 15.4 Å². The SMILES string of the molecule is O=C1Nc2ccccc2CC[C@H]1S(=O)(=O)c1ccc(Br)c2ccccc12. The number of hydrogen-bond donors (Lipinski definition) is 1. The molecule has 4 rings (SSSR count). The first-order valence-corrected chi connectivity index (χ1v) is 10.6. The fourth-order valence-corrected chi connectivity index (χ4v) is 5.72. The minimum absolute atomic E-state index is 0.197. The van der Waals surface area contributed by atoms with Crippen molar-refractivity contribution in [3.8, 4) is 0 Å². The number of rotatable bonds is 2. The fraction of sp³-hybridized carbons (Fsp3) is 0.150. The number of hydrogen-bond acceptors (Lipinski definition) is 3. The van der Waals surface area contributed by atoms with Crippen molar-refractivity contribution in [3.63, 3.8) is 0 Å². The first-order valence-electron chi connectivity index (χ1n) is 8.28. The Bertz CT molecular complexity index is 1120. The van der Waals surface area contributed by atoms with Crippen LogP contribution in [0.5, 0.6) is 0 Å². The molecule has 0 radical (unpaired) electrons. The minimum atomic E-state index is -3.83. The van der Waals surface area contributed by atoms with E-state index in [0.29, 0.717) is 17.5 Å². The minimum Gasteiger partial charge on any atom is -0.325 e. The van der Waals surface area contributed by atoms with Gasteiger partial charge in [-0.3, -0.25) is 4.79 Å². The summed E-state index contributed by atoms with van der Waals surface area (Å²) in [5, 5.41) is 3.10. The highest BCUT2D eigenvalue weighted by molar-refractivity contribution is 9.10. The molecule has 0 saturated heterocycles. The van der Waals surface area contributed by atoms with Gasteiger partial charge in [0.25, 0.3) is 0 Å². The first kappa shape index (κ1) is 17.2. The van der Waals surface area contributed by atoms with Crippen LogP contribution in [-0.2, 0) is 21.1 Å². The van der Waals surface area contributed by atoms with Gasteiger partial charge in [0.15, 0.2) is 9.84 Å². The number of anilines is 1. The predicted octanol–water partition coefficient (Wildman–Crippen LogP) is 4.33. The molecule has 0 bridgehead atoms. The van der Waals surface area contributed by atoms with Crippen molar-refractivity contribution in [1.82, 2.24) is 0 Å². The Morgan fingerprint density at radius 2 is 1.62 bits per heavy atom. The van der Waals surface area contributed by atoms with Crippen LogP contribution in [0.25, 0.3) is 10.8 Å². The maximum Gasteiger partial charge on any atom is 0.243 e. The maximum atomic E-state index is 13.4. The van der Waals surface area contributed by atoms with E-state index in [1.165, 1.54) is 0 Å². The molecular weight excluding hydrogens is 414 g/mol. The second-order valence-corrected chi connectivity index (χ2v) is 9.26. The lowest BCUT2D eigenvalue weighted by Gasteiger charge is -2.16. The van der Waals surface area contributed by atoms with Gasteiger partial charge in [0.2, 0.25) is 5.91 Å². The molecule has 3 aromatic rings. The Morgan fingerprint density at radius 1 is 0.923 bits per heavy atom. The number of nitrogens with one attached hydrogen (secondary N) is 1. The number of sulfone groups is 1. The smallest absolute Gasteiger partial charge is 0.243 e. The van der Waals surface area contributed by atoms with E-state index < -0.39 is 21.0 Å². The normalized spacial score (nSPS) is 17.4. The molecule has 3 aromatic carbocycles. The van der Waals surface area contributed by atoms with Crippen LogP contribution in [0.2, 0.25) is 0 Å². The average molecular weight is 430 g/mol. The standard InChI is InChI=1S/C20H16BrNO3S/c21-16-10-12-18(15-7-3-2-6-14(15)16)26(24,25)19-11-9-13-5-1-4-8-17(13)22-20(19)23/h1-8,10,12,19H,9,11H2,(H,22,23)/t19-/m1/s1. The topological polar surface area (TPSA) is 63.2 Å². The summed E-state index contributed by atoms with van der Waals surface area (Å²) in [5.74, 6) is -0.470. The molecule has 132 valence electrons. The molecule has 1 heterocycles. The van der Waals surface area contributed by atoms with Gasteiger partial charge in [-0.2, -0.15) is 0 Å². The molecule has 1 atom stereocenters. The summed E-state index contributed by atoms with van der Waals surface area (Å²) in [4.78, 5) is 12.9. The highest BCUT2D eigenvalue weighted by atomic mass is 79.9. The van der Waals surface area contributed by atoms with Crippen molar-refractivity contribution in [3.05, 3.63) is 70.7 Å². The molecule has 1 amide bonds. The van der Waals surface area contributed by atoms with Crippen molar-refractivity contribution in [1.29, 1.82) is 0 Å². The lowest BCUT2D eigenvalue weighted by atomic mass is 10.1. The summed E-state index contributed by atoms with van der Waals surface area (Å²) in [6.07, 6.45) is 0.794. The molecule has 4 nitrogen and oxygen atoms in total. The second kappa shape index (κ2) is 6.52. The summed E-state index contributed by atoms with van der Waals surface area (Å²) >= 11 is 3.46. The zero-order valence-electron chi connectivity index (χ0n) is 13.8. The van der Waals surface area contributed by atoms with Gasteiger partial charge in [0.1, 0.15) is 5.25 Å². The molecule has 0 unspecified atom stereocenters. The van der Waals surface area contributed by atoms with Crippen molar-refractivity contribution in [2.24, 2.45) is 0 Å². The van der Waals surface area contributed by atoms with E-state index in [2.05, 4.69) is 21.2 Å². The van der Waals surface area contributed by atoms with E-state index in [1.54, 1.807) is 30.3 Å². The largest absolute Gasteiger partial charge is 0.325 e. The zero-order chi connectivity index (χ0) is 18.3. The van der Waals surface area contributed by atoms with Gasteiger partial charge in [0, 0.05) is 15.5 Å². The zero-order valence-corrected chi connectivity index (χ0v) is 16.2. The van der Waals surface area contributed by atoms with Crippen LogP contribution in [0.15, 0.2) is 70.0 Å². The van der Waals surface area contributed by atoms with E-state index in [9.17, 15) is 13.2 Å². The monoisotopic (exact) mass is 429 g/mol. The third kappa shape index (κ3) is 2.83. The van der Waals surface area contributed by atoms with Crippen LogP contribution in [0.4, 0.5) is 5.69 Å². The van der Waals surface area contributed by atoms with Crippen molar-refractivity contribution >= 4 is 48.1 Å². The quantitative estimate of drug-likeness (QED) is 0.659. The number of amides is 1. The summed E-state index contributed by atoms with van der Waals surface area (Å²) in [7, 11) is -3.83. The Labute approximate surface area is 160 Å². The number of benzene rings is 3. The Hall–Kier alpha value is -2.18. The molecule has 1 aliphatic heterocycles. The Morgan fingerprint density at radius 3 is 2.42 bits per heavy atom. The molecule has 1 aliphatic rings. The van der Waals surface area contributed by atoms with Crippen molar-refractivity contribution < 1.29 is 13.2 Å². The van der Waals surface area contributed by atoms with Crippen LogP contribution < -0.4 is 5.32 Å². The van der Waals surface area contributed by atoms with E-state index in [-0.39, 0.29) is 11.3 Å². The van der Waals surface area contributed by atoms with E-state index in [4.69, 9.17) is 0 Å². The molecule has 6 heteroatoms. The molecule has 0 spiro atoms. The Kier molecular flexibility index (Phi) is 4.32. The predicted molar refractivity (Wildman–Crippen MR) is 106 cm³/mol. The summed E-state index contributed by atoms with van der Waals surface area (Å²) in [6.45, 7) is 0. The first-order chi connectivity index (χ1) is 12.5. The third-order valence-electron chi connectivity index (χ3n) is 4.76. The molecule has 1 N–H and O–H groups in total. The van der Waals surface area contributed by atoms with Crippen molar-refractivity contribution in [2.75, 3.05) is 5.32 Å². The van der Waals surface area contributed by atoms with Gasteiger partial charge in [-0.25, -0.2) is 8.42 Å². The summed E-state index contributed by atoms with van der Waals surface area (Å²) in [5.41, 5.74) is 1.65. The summed E-state index contributed by atoms with van der Waals surface area (Å²) in [6, 6.07) is 18.0. The highest BCUT2D eigenvalue weighted by Crippen LogP contribution is 2.34. The van der Waals surface area contributed by atoms with Gasteiger partial charge < -0.3 is 5.32 Å². The van der Waals surface area contributed by atoms with Crippen LogP contribution in [0.1, 0.15) is 12.0 Å². The lowest BCUT2D eigenvalue weighted by molar-refractivity contribution is -0.115.